The number of aryl methyl sites for hydroxylation is 1. The minimum absolute atomic E-state index is 0.102. The molecule has 6 heteroatoms. The number of amides is 1. The number of hydrogen-bond donors (Lipinski definition) is 1. The molecule has 2 aromatic rings. The number of nitrogens with zero attached hydrogens (tertiary/aromatic N) is 4. The van der Waals surface area contributed by atoms with Crippen LogP contribution in [0.3, 0.4) is 0 Å². The largest absolute Gasteiger partial charge is 0.465 e. The highest BCUT2D eigenvalue weighted by Gasteiger charge is 2.29. The van der Waals surface area contributed by atoms with E-state index >= 15 is 0 Å². The lowest BCUT2D eigenvalue weighted by Gasteiger charge is -2.38. The summed E-state index contributed by atoms with van der Waals surface area (Å²) in [5.74, 6) is 0. The van der Waals surface area contributed by atoms with Crippen molar-refractivity contribution < 1.29 is 9.90 Å². The number of carboxylic acid groups (broad SMARTS) is 1. The Hall–Kier alpha value is -2.34. The lowest BCUT2D eigenvalue weighted by atomic mass is 10.0. The molecular weight excluding hydrogens is 280 g/mol. The Morgan fingerprint density at radius 1 is 1.14 bits per heavy atom. The minimum atomic E-state index is -0.837. The van der Waals surface area contributed by atoms with Gasteiger partial charge in [0.15, 0.2) is 0 Å². The van der Waals surface area contributed by atoms with Crippen LogP contribution in [0.5, 0.6) is 0 Å². The molecule has 1 aromatic heterocycles. The lowest BCUT2D eigenvalue weighted by Crippen LogP contribution is -2.49. The zero-order chi connectivity index (χ0) is 15.5. The van der Waals surface area contributed by atoms with Crippen molar-refractivity contribution in [2.24, 2.45) is 7.05 Å². The summed E-state index contributed by atoms with van der Waals surface area (Å²) in [6, 6.07) is 12.4. The highest BCUT2D eigenvalue weighted by atomic mass is 16.4. The van der Waals surface area contributed by atoms with Crippen LogP contribution in [0, 0.1) is 0 Å². The Balaban J connectivity index is 1.87. The molecule has 3 rings (SSSR count). The number of rotatable bonds is 3. The second-order valence-corrected chi connectivity index (χ2v) is 5.50. The molecule has 0 bridgehead atoms. The van der Waals surface area contributed by atoms with Gasteiger partial charge in [0.25, 0.3) is 0 Å². The number of piperazine rings is 1. The SMILES string of the molecule is Cn1nccc1C(c1ccccc1)N1CCN(C(=O)O)CC1. The van der Waals surface area contributed by atoms with Crippen LogP contribution in [0.1, 0.15) is 17.3 Å². The van der Waals surface area contributed by atoms with Crippen LogP contribution in [-0.2, 0) is 7.05 Å². The number of carbonyl (C=O) groups is 1. The molecule has 116 valence electrons. The molecule has 1 atom stereocenters. The van der Waals surface area contributed by atoms with E-state index in [9.17, 15) is 4.79 Å². The first-order chi connectivity index (χ1) is 10.7. The smallest absolute Gasteiger partial charge is 0.407 e. The highest BCUT2D eigenvalue weighted by molar-refractivity contribution is 5.65. The van der Waals surface area contributed by atoms with E-state index in [2.05, 4.69) is 22.1 Å². The Morgan fingerprint density at radius 2 is 1.82 bits per heavy atom. The first kappa shape index (κ1) is 14.6. The summed E-state index contributed by atoms with van der Waals surface area (Å²) in [4.78, 5) is 14.9. The second kappa shape index (κ2) is 6.19. The van der Waals surface area contributed by atoms with E-state index in [0.717, 1.165) is 18.8 Å². The molecule has 0 saturated carbocycles. The molecule has 1 unspecified atom stereocenters. The number of benzene rings is 1. The highest BCUT2D eigenvalue weighted by Crippen LogP contribution is 2.29. The van der Waals surface area contributed by atoms with Crippen molar-refractivity contribution in [3.63, 3.8) is 0 Å². The fraction of sp³-hybridized carbons (Fsp3) is 0.375. The van der Waals surface area contributed by atoms with E-state index in [4.69, 9.17) is 5.11 Å². The average molecular weight is 300 g/mol. The molecule has 2 heterocycles. The number of aromatic nitrogens is 2. The molecule has 1 N–H and O–H groups in total. The zero-order valence-corrected chi connectivity index (χ0v) is 12.6. The molecule has 1 fully saturated rings. The van der Waals surface area contributed by atoms with E-state index in [1.165, 1.54) is 10.5 Å². The van der Waals surface area contributed by atoms with Gasteiger partial charge in [0.1, 0.15) is 0 Å². The maximum Gasteiger partial charge on any atom is 0.407 e. The predicted octanol–water partition coefficient (Wildman–Crippen LogP) is 1.81. The Kier molecular flexibility index (Phi) is 4.11. The molecule has 22 heavy (non-hydrogen) atoms. The van der Waals surface area contributed by atoms with Gasteiger partial charge in [0.05, 0.1) is 11.7 Å². The molecule has 1 saturated heterocycles. The molecule has 6 nitrogen and oxygen atoms in total. The molecule has 1 aliphatic heterocycles. The lowest BCUT2D eigenvalue weighted by molar-refractivity contribution is 0.0916. The van der Waals surface area contributed by atoms with E-state index < -0.39 is 6.09 Å². The monoisotopic (exact) mass is 300 g/mol. The van der Waals surface area contributed by atoms with Gasteiger partial charge in [-0.15, -0.1) is 0 Å². The van der Waals surface area contributed by atoms with Crippen LogP contribution in [-0.4, -0.2) is 57.0 Å². The van der Waals surface area contributed by atoms with Gasteiger partial charge in [-0.3, -0.25) is 9.58 Å². The van der Waals surface area contributed by atoms with Crippen molar-refractivity contribution in [2.75, 3.05) is 26.2 Å². The summed E-state index contributed by atoms with van der Waals surface area (Å²) in [6.45, 7) is 2.51. The molecule has 0 aliphatic carbocycles. The average Bonchev–Trinajstić information content (AvgIpc) is 2.95. The second-order valence-electron chi connectivity index (χ2n) is 5.50. The fourth-order valence-electron chi connectivity index (χ4n) is 3.03. The summed E-state index contributed by atoms with van der Waals surface area (Å²) >= 11 is 0. The van der Waals surface area contributed by atoms with E-state index in [-0.39, 0.29) is 6.04 Å². The summed E-state index contributed by atoms with van der Waals surface area (Å²) in [6.07, 6.45) is 0.968. The normalized spacial score (nSPS) is 17.4. The van der Waals surface area contributed by atoms with E-state index in [1.54, 1.807) is 6.20 Å². The van der Waals surface area contributed by atoms with Gasteiger partial charge in [0, 0.05) is 39.4 Å². The van der Waals surface area contributed by atoms with Crippen molar-refractivity contribution in [1.29, 1.82) is 0 Å². The van der Waals surface area contributed by atoms with Gasteiger partial charge in [-0.2, -0.15) is 5.10 Å². The van der Waals surface area contributed by atoms with Gasteiger partial charge in [-0.05, 0) is 11.6 Å². The molecule has 1 aliphatic rings. The third-order valence-corrected chi connectivity index (χ3v) is 4.20. The topological polar surface area (TPSA) is 61.6 Å². The molecule has 1 aromatic carbocycles. The predicted molar refractivity (Wildman–Crippen MR) is 82.7 cm³/mol. The third-order valence-electron chi connectivity index (χ3n) is 4.20. The van der Waals surface area contributed by atoms with Gasteiger partial charge in [-0.25, -0.2) is 4.79 Å². The van der Waals surface area contributed by atoms with Crippen LogP contribution in [0.15, 0.2) is 42.6 Å². The van der Waals surface area contributed by atoms with Gasteiger partial charge >= 0.3 is 6.09 Å². The van der Waals surface area contributed by atoms with Crippen LogP contribution < -0.4 is 0 Å². The molecular formula is C16H20N4O2. The quantitative estimate of drug-likeness (QED) is 0.939. The van der Waals surface area contributed by atoms with Gasteiger partial charge in [-0.1, -0.05) is 30.3 Å². The standard InChI is InChI=1S/C16H20N4O2/c1-18-14(7-8-17-18)15(13-5-3-2-4-6-13)19-9-11-20(12-10-19)16(21)22/h2-8,15H,9-12H2,1H3,(H,21,22). The third kappa shape index (κ3) is 2.82. The summed E-state index contributed by atoms with van der Waals surface area (Å²) in [5, 5.41) is 13.4. The minimum Gasteiger partial charge on any atom is -0.465 e. The molecule has 1 amide bonds. The Bertz CT molecular complexity index is 633. The molecule has 0 radical (unpaired) electrons. The van der Waals surface area contributed by atoms with Crippen molar-refractivity contribution >= 4 is 6.09 Å². The van der Waals surface area contributed by atoms with Gasteiger partial charge < -0.3 is 10.0 Å². The van der Waals surface area contributed by atoms with Crippen LogP contribution in [0.4, 0.5) is 4.79 Å². The summed E-state index contributed by atoms with van der Waals surface area (Å²) < 4.78 is 1.89. The first-order valence-electron chi connectivity index (χ1n) is 7.41. The first-order valence-corrected chi connectivity index (χ1v) is 7.41. The van der Waals surface area contributed by atoms with Gasteiger partial charge in [0.2, 0.25) is 0 Å². The Morgan fingerprint density at radius 3 is 2.36 bits per heavy atom. The molecule has 0 spiro atoms. The van der Waals surface area contributed by atoms with Crippen LogP contribution in [0.2, 0.25) is 0 Å². The van der Waals surface area contributed by atoms with Crippen LogP contribution >= 0.6 is 0 Å². The zero-order valence-electron chi connectivity index (χ0n) is 12.6. The fourth-order valence-corrected chi connectivity index (χ4v) is 3.03. The Labute approximate surface area is 129 Å². The maximum atomic E-state index is 11.1. The van der Waals surface area contributed by atoms with Crippen molar-refractivity contribution in [1.82, 2.24) is 19.6 Å². The van der Waals surface area contributed by atoms with E-state index in [1.807, 2.05) is 36.0 Å². The summed E-state index contributed by atoms with van der Waals surface area (Å²) in [7, 11) is 1.94. The number of hydrogen-bond acceptors (Lipinski definition) is 3. The van der Waals surface area contributed by atoms with Crippen molar-refractivity contribution in [3.8, 4) is 0 Å². The van der Waals surface area contributed by atoms with Crippen molar-refractivity contribution in [3.05, 3.63) is 53.9 Å². The summed E-state index contributed by atoms with van der Waals surface area (Å²) in [5.41, 5.74) is 2.32. The van der Waals surface area contributed by atoms with E-state index in [0.29, 0.717) is 13.1 Å². The van der Waals surface area contributed by atoms with Crippen molar-refractivity contribution in [2.45, 2.75) is 6.04 Å². The maximum absolute atomic E-state index is 11.1. The van der Waals surface area contributed by atoms with Crippen LogP contribution in [0.25, 0.3) is 0 Å².